The van der Waals surface area contributed by atoms with Crippen LogP contribution in [-0.4, -0.2) is 52.5 Å². The van der Waals surface area contributed by atoms with E-state index in [1.165, 1.54) is 4.90 Å². The Morgan fingerprint density at radius 1 is 1.14 bits per heavy atom. The van der Waals surface area contributed by atoms with Crippen LogP contribution < -0.4 is 15.0 Å². The Morgan fingerprint density at radius 2 is 1.94 bits per heavy atom. The van der Waals surface area contributed by atoms with Crippen molar-refractivity contribution in [3.63, 3.8) is 0 Å². The summed E-state index contributed by atoms with van der Waals surface area (Å²) in [6.45, 7) is -0.0115. The van der Waals surface area contributed by atoms with E-state index in [9.17, 15) is 14.4 Å². The number of carbonyl (C=O) groups is 3. The van der Waals surface area contributed by atoms with Gasteiger partial charge in [0.1, 0.15) is 30.0 Å². The zero-order valence-corrected chi connectivity index (χ0v) is 20.2. The Morgan fingerprint density at radius 3 is 2.72 bits per heavy atom. The Kier molecular flexibility index (Phi) is 6.79. The Hall–Kier alpha value is -4.01. The van der Waals surface area contributed by atoms with Gasteiger partial charge in [-0.3, -0.25) is 19.5 Å². The topological polar surface area (TPSA) is 117 Å². The number of hydrogen-bond donors (Lipinski definition) is 2. The standard InChI is InChI=1S/C27H29N5O4/c1-32-22-14-19(9-11-20(33)13-18-7-8-18)10-12-23(22)36-16-21(27(32)35)28-26(34)25-29-24(30-31-25)15-17-5-3-2-4-6-17/h2-6,10,12,14,18,21H,7-9,11,13,15-16H2,1H3,(H,28,34)(H,29,30,31). The van der Waals surface area contributed by atoms with Gasteiger partial charge in [0.2, 0.25) is 5.82 Å². The molecule has 1 aliphatic heterocycles. The van der Waals surface area contributed by atoms with E-state index in [1.807, 2.05) is 48.5 Å². The number of nitrogens with one attached hydrogen (secondary N) is 2. The monoisotopic (exact) mass is 487 g/mol. The third kappa shape index (κ3) is 5.62. The number of carbonyl (C=O) groups excluding carboxylic acids is 3. The number of ether oxygens (including phenoxy) is 1. The predicted octanol–water partition coefficient (Wildman–Crippen LogP) is 2.85. The summed E-state index contributed by atoms with van der Waals surface area (Å²) in [6.07, 6.45) is 4.63. The van der Waals surface area contributed by atoms with Crippen LogP contribution >= 0.6 is 0 Å². The van der Waals surface area contributed by atoms with Gasteiger partial charge in [-0.15, -0.1) is 5.10 Å². The van der Waals surface area contributed by atoms with Crippen molar-refractivity contribution in [1.82, 2.24) is 20.5 Å². The van der Waals surface area contributed by atoms with Gasteiger partial charge in [-0.1, -0.05) is 36.4 Å². The summed E-state index contributed by atoms with van der Waals surface area (Å²) >= 11 is 0. The first-order valence-corrected chi connectivity index (χ1v) is 12.3. The van der Waals surface area contributed by atoms with Crippen LogP contribution in [0.5, 0.6) is 5.75 Å². The lowest BCUT2D eigenvalue weighted by molar-refractivity contribution is -0.120. The largest absolute Gasteiger partial charge is 0.489 e. The average molecular weight is 488 g/mol. The maximum absolute atomic E-state index is 13.2. The minimum atomic E-state index is -0.894. The molecule has 3 aromatic rings. The second kappa shape index (κ2) is 10.3. The van der Waals surface area contributed by atoms with E-state index in [2.05, 4.69) is 20.5 Å². The van der Waals surface area contributed by atoms with Crippen molar-refractivity contribution >= 4 is 23.3 Å². The summed E-state index contributed by atoms with van der Waals surface area (Å²) in [4.78, 5) is 43.8. The SMILES string of the molecule is CN1C(=O)C(NC(=O)c2n[nH]c(Cc3ccccc3)n2)COc2ccc(CCC(=O)CC3CC3)cc21. The molecule has 1 unspecified atom stereocenters. The van der Waals surface area contributed by atoms with Crippen molar-refractivity contribution in [3.8, 4) is 5.75 Å². The number of aryl methyl sites for hydroxylation is 1. The summed E-state index contributed by atoms with van der Waals surface area (Å²) in [6, 6.07) is 14.5. The fraction of sp³-hybridized carbons (Fsp3) is 0.370. The third-order valence-corrected chi connectivity index (χ3v) is 6.58. The van der Waals surface area contributed by atoms with Gasteiger partial charge in [-0.2, -0.15) is 0 Å². The quantitative estimate of drug-likeness (QED) is 0.479. The molecule has 9 nitrogen and oxygen atoms in total. The number of aromatic nitrogens is 3. The van der Waals surface area contributed by atoms with E-state index < -0.39 is 11.9 Å². The molecule has 9 heteroatoms. The van der Waals surface area contributed by atoms with Crippen molar-refractivity contribution in [2.24, 2.45) is 5.92 Å². The van der Waals surface area contributed by atoms with Crippen LogP contribution in [-0.2, 0) is 22.4 Å². The van der Waals surface area contributed by atoms with Crippen LogP contribution in [0.1, 0.15) is 53.3 Å². The molecule has 1 saturated carbocycles. The Bertz CT molecular complexity index is 1270. The van der Waals surface area contributed by atoms with E-state index in [4.69, 9.17) is 4.74 Å². The maximum Gasteiger partial charge on any atom is 0.291 e. The molecule has 1 aromatic heterocycles. The summed E-state index contributed by atoms with van der Waals surface area (Å²) in [7, 11) is 1.65. The molecule has 2 aliphatic rings. The molecule has 5 rings (SSSR count). The summed E-state index contributed by atoms with van der Waals surface area (Å²) in [5, 5.41) is 9.50. The molecule has 2 heterocycles. The van der Waals surface area contributed by atoms with Crippen molar-refractivity contribution in [1.29, 1.82) is 0 Å². The highest BCUT2D eigenvalue weighted by Crippen LogP contribution is 2.34. The van der Waals surface area contributed by atoms with E-state index in [1.54, 1.807) is 7.05 Å². The number of nitrogens with zero attached hydrogens (tertiary/aromatic N) is 3. The molecule has 2 aromatic carbocycles. The number of anilines is 1. The molecule has 186 valence electrons. The molecular formula is C27H29N5O4. The second-order valence-electron chi connectivity index (χ2n) is 9.49. The zero-order chi connectivity index (χ0) is 25.1. The normalized spacial score (nSPS) is 17.2. The fourth-order valence-electron chi connectivity index (χ4n) is 4.32. The number of likely N-dealkylation sites (N-methyl/N-ethyl adjacent to an activating group) is 1. The zero-order valence-electron chi connectivity index (χ0n) is 20.2. The molecule has 2 N–H and O–H groups in total. The second-order valence-corrected chi connectivity index (χ2v) is 9.49. The van der Waals surface area contributed by atoms with Crippen LogP contribution in [0.4, 0.5) is 5.69 Å². The number of hydrogen-bond acceptors (Lipinski definition) is 6. The smallest absolute Gasteiger partial charge is 0.291 e. The van der Waals surface area contributed by atoms with Crippen molar-refractivity contribution in [2.45, 2.75) is 44.6 Å². The number of fused-ring (bicyclic) bond motifs is 1. The molecule has 0 radical (unpaired) electrons. The molecule has 0 spiro atoms. The summed E-state index contributed by atoms with van der Waals surface area (Å²) in [5.74, 6) is 1.10. The highest BCUT2D eigenvalue weighted by molar-refractivity contribution is 6.02. The molecule has 0 bridgehead atoms. The van der Waals surface area contributed by atoms with E-state index in [0.717, 1.165) is 24.0 Å². The number of benzene rings is 2. The molecule has 2 amide bonds. The molecular weight excluding hydrogens is 458 g/mol. The van der Waals surface area contributed by atoms with Crippen LogP contribution in [0.25, 0.3) is 0 Å². The Labute approximate surface area is 209 Å². The van der Waals surface area contributed by atoms with Crippen molar-refractivity contribution in [2.75, 3.05) is 18.6 Å². The average Bonchev–Trinajstić information content (AvgIpc) is 3.60. The van der Waals surface area contributed by atoms with Crippen LogP contribution in [0.3, 0.4) is 0 Å². The number of Topliss-reactive ketones (excluding diaryl/α,β-unsaturated/α-hetero) is 1. The summed E-state index contributed by atoms with van der Waals surface area (Å²) in [5.41, 5.74) is 2.63. The fourth-order valence-corrected chi connectivity index (χ4v) is 4.32. The van der Waals surface area contributed by atoms with Gasteiger partial charge in [0, 0.05) is 26.3 Å². The van der Waals surface area contributed by atoms with Crippen molar-refractivity contribution < 1.29 is 19.1 Å². The molecule has 0 saturated heterocycles. The van der Waals surface area contributed by atoms with Crippen molar-refractivity contribution in [3.05, 3.63) is 71.3 Å². The summed E-state index contributed by atoms with van der Waals surface area (Å²) < 4.78 is 5.87. The first kappa shape index (κ1) is 23.7. The highest BCUT2D eigenvalue weighted by Gasteiger charge is 2.32. The number of amides is 2. The van der Waals surface area contributed by atoms with E-state index in [-0.39, 0.29) is 24.1 Å². The van der Waals surface area contributed by atoms with Crippen LogP contribution in [0, 0.1) is 5.92 Å². The predicted molar refractivity (Wildman–Crippen MR) is 133 cm³/mol. The first-order valence-electron chi connectivity index (χ1n) is 12.3. The minimum absolute atomic E-state index is 0.0115. The van der Waals surface area contributed by atoms with Crippen LogP contribution in [0.2, 0.25) is 0 Å². The van der Waals surface area contributed by atoms with Gasteiger partial charge in [-0.25, -0.2) is 4.98 Å². The molecule has 1 fully saturated rings. The molecule has 1 aliphatic carbocycles. The van der Waals surface area contributed by atoms with E-state index in [0.29, 0.717) is 48.9 Å². The van der Waals surface area contributed by atoms with Gasteiger partial charge in [0.15, 0.2) is 0 Å². The van der Waals surface area contributed by atoms with Gasteiger partial charge in [-0.05, 0) is 48.4 Å². The minimum Gasteiger partial charge on any atom is -0.489 e. The van der Waals surface area contributed by atoms with Gasteiger partial charge in [0.05, 0.1) is 5.69 Å². The molecule has 36 heavy (non-hydrogen) atoms. The van der Waals surface area contributed by atoms with Gasteiger partial charge in [0.25, 0.3) is 11.8 Å². The van der Waals surface area contributed by atoms with Gasteiger partial charge >= 0.3 is 0 Å². The number of aromatic amines is 1. The lowest BCUT2D eigenvalue weighted by Crippen LogP contribution is -2.49. The number of ketones is 1. The maximum atomic E-state index is 13.2. The lowest BCUT2D eigenvalue weighted by Gasteiger charge is -2.20. The lowest BCUT2D eigenvalue weighted by atomic mass is 10.0. The first-order chi connectivity index (χ1) is 17.5. The number of H-pyrrole nitrogens is 1. The molecule has 1 atom stereocenters. The highest BCUT2D eigenvalue weighted by atomic mass is 16.5. The number of rotatable bonds is 9. The van der Waals surface area contributed by atoms with E-state index >= 15 is 0 Å². The Balaban J connectivity index is 1.21. The van der Waals surface area contributed by atoms with Crippen LogP contribution in [0.15, 0.2) is 48.5 Å². The third-order valence-electron chi connectivity index (χ3n) is 6.58. The van der Waals surface area contributed by atoms with Gasteiger partial charge < -0.3 is 15.0 Å².